The van der Waals surface area contributed by atoms with Gasteiger partial charge < -0.3 is 14.7 Å². The number of aromatic nitrogens is 1. The summed E-state index contributed by atoms with van der Waals surface area (Å²) in [5.41, 5.74) is 0.703. The fraction of sp³-hybridized carbons (Fsp3) is 0.389. The summed E-state index contributed by atoms with van der Waals surface area (Å²) in [6.07, 6.45) is 0. The molecule has 144 valence electrons. The van der Waals surface area contributed by atoms with Crippen molar-refractivity contribution in [1.29, 1.82) is 0 Å². The maximum absolute atomic E-state index is 12.3. The van der Waals surface area contributed by atoms with Crippen LogP contribution >= 0.6 is 23.2 Å². The molecule has 0 aliphatic carbocycles. The Hall–Kier alpha value is -2.09. The van der Waals surface area contributed by atoms with Crippen LogP contribution in [0.3, 0.4) is 0 Å². The van der Waals surface area contributed by atoms with Crippen molar-refractivity contribution in [1.82, 2.24) is 20.3 Å². The third kappa shape index (κ3) is 5.00. The molecule has 7 nitrogen and oxygen atoms in total. The molecular formula is C18H20Cl2N4O3. The summed E-state index contributed by atoms with van der Waals surface area (Å²) in [4.78, 5) is 28.5. The fourth-order valence-corrected chi connectivity index (χ4v) is 3.27. The Bertz CT molecular complexity index is 832. The van der Waals surface area contributed by atoms with E-state index in [1.807, 2.05) is 0 Å². The van der Waals surface area contributed by atoms with Gasteiger partial charge in [-0.2, -0.15) is 0 Å². The lowest BCUT2D eigenvalue weighted by atomic mass is 10.2. The molecule has 0 bridgehead atoms. The minimum absolute atomic E-state index is 0.115. The first kappa shape index (κ1) is 19.7. The van der Waals surface area contributed by atoms with Gasteiger partial charge in [-0.3, -0.25) is 14.5 Å². The lowest BCUT2D eigenvalue weighted by molar-refractivity contribution is 0.0628. The monoisotopic (exact) mass is 410 g/mol. The molecular weight excluding hydrogens is 391 g/mol. The molecule has 1 saturated heterocycles. The van der Waals surface area contributed by atoms with Crippen LogP contribution in [0.4, 0.5) is 0 Å². The van der Waals surface area contributed by atoms with E-state index in [1.165, 1.54) is 0 Å². The van der Waals surface area contributed by atoms with Crippen LogP contribution in [0.2, 0.25) is 10.0 Å². The maximum Gasteiger partial charge on any atom is 0.276 e. The molecule has 2 aromatic rings. The highest BCUT2D eigenvalue weighted by Crippen LogP contribution is 2.20. The normalized spacial score (nSPS) is 15.0. The van der Waals surface area contributed by atoms with Crippen molar-refractivity contribution in [2.24, 2.45) is 0 Å². The number of benzene rings is 1. The Kier molecular flexibility index (Phi) is 6.36. The topological polar surface area (TPSA) is 78.7 Å². The molecule has 1 aromatic carbocycles. The zero-order valence-electron chi connectivity index (χ0n) is 14.9. The molecule has 27 heavy (non-hydrogen) atoms. The predicted octanol–water partition coefficient (Wildman–Crippen LogP) is 2.48. The minimum Gasteiger partial charge on any atom is -0.361 e. The Morgan fingerprint density at radius 3 is 2.59 bits per heavy atom. The summed E-state index contributed by atoms with van der Waals surface area (Å²) in [5, 5.41) is 7.46. The van der Waals surface area contributed by atoms with Crippen LogP contribution in [0.1, 0.15) is 26.6 Å². The first-order valence-electron chi connectivity index (χ1n) is 8.62. The van der Waals surface area contributed by atoms with E-state index in [1.54, 1.807) is 36.1 Å². The largest absolute Gasteiger partial charge is 0.361 e. The number of halogens is 2. The molecule has 1 fully saturated rings. The summed E-state index contributed by atoms with van der Waals surface area (Å²) < 4.78 is 4.96. The van der Waals surface area contributed by atoms with E-state index in [4.69, 9.17) is 27.7 Å². The Morgan fingerprint density at radius 2 is 1.93 bits per heavy atom. The van der Waals surface area contributed by atoms with Crippen molar-refractivity contribution < 1.29 is 14.1 Å². The Labute approximate surface area is 167 Å². The van der Waals surface area contributed by atoms with Crippen molar-refractivity contribution >= 4 is 35.0 Å². The van der Waals surface area contributed by atoms with E-state index in [9.17, 15) is 9.59 Å². The molecule has 2 amide bonds. The molecule has 2 heterocycles. The number of nitrogens with one attached hydrogen (secondary N) is 1. The van der Waals surface area contributed by atoms with Crippen molar-refractivity contribution in [2.45, 2.75) is 6.92 Å². The summed E-state index contributed by atoms with van der Waals surface area (Å²) in [7, 11) is 0. The van der Waals surface area contributed by atoms with Crippen LogP contribution in [0, 0.1) is 6.92 Å². The minimum atomic E-state index is -0.252. The highest BCUT2D eigenvalue weighted by Gasteiger charge is 2.24. The zero-order chi connectivity index (χ0) is 19.4. The van der Waals surface area contributed by atoms with E-state index < -0.39 is 0 Å². The van der Waals surface area contributed by atoms with Gasteiger partial charge in [-0.05, 0) is 25.1 Å². The van der Waals surface area contributed by atoms with Crippen molar-refractivity contribution in [3.05, 3.63) is 51.3 Å². The van der Waals surface area contributed by atoms with Crippen molar-refractivity contribution in [3.8, 4) is 0 Å². The molecule has 0 atom stereocenters. The third-order valence-corrected chi connectivity index (χ3v) is 4.96. The van der Waals surface area contributed by atoms with Crippen molar-refractivity contribution in [2.75, 3.05) is 39.3 Å². The van der Waals surface area contributed by atoms with Crippen LogP contribution in [-0.4, -0.2) is 66.0 Å². The Morgan fingerprint density at radius 1 is 1.19 bits per heavy atom. The standard InChI is InChI=1S/C18H20Cl2N4O3/c1-12-10-16(22-27-12)18(26)24-8-6-23(7-9-24)5-4-21-17(25)14-11-13(19)2-3-15(14)20/h2-3,10-11H,4-9H2,1H3,(H,21,25). The van der Waals surface area contributed by atoms with Crippen LogP contribution in [0.5, 0.6) is 0 Å². The fourth-order valence-electron chi connectivity index (χ4n) is 2.90. The van der Waals surface area contributed by atoms with Gasteiger partial charge in [0.25, 0.3) is 11.8 Å². The third-order valence-electron chi connectivity index (χ3n) is 4.39. The second-order valence-electron chi connectivity index (χ2n) is 6.34. The van der Waals surface area contributed by atoms with Gasteiger partial charge in [0.15, 0.2) is 5.69 Å². The number of amides is 2. The first-order valence-corrected chi connectivity index (χ1v) is 9.38. The molecule has 1 aliphatic heterocycles. The number of rotatable bonds is 5. The molecule has 0 spiro atoms. The number of hydrogen-bond acceptors (Lipinski definition) is 5. The van der Waals surface area contributed by atoms with Gasteiger partial charge in [0.2, 0.25) is 0 Å². The smallest absolute Gasteiger partial charge is 0.276 e. The van der Waals surface area contributed by atoms with E-state index in [2.05, 4.69) is 15.4 Å². The Balaban J connectivity index is 1.42. The van der Waals surface area contributed by atoms with Gasteiger partial charge in [0.05, 0.1) is 10.6 Å². The highest BCUT2D eigenvalue weighted by atomic mass is 35.5. The molecule has 3 rings (SSSR count). The molecule has 1 aliphatic rings. The number of aryl methyl sites for hydroxylation is 1. The van der Waals surface area contributed by atoms with Gasteiger partial charge in [-0.15, -0.1) is 0 Å². The van der Waals surface area contributed by atoms with E-state index >= 15 is 0 Å². The van der Waals surface area contributed by atoms with Crippen LogP contribution in [-0.2, 0) is 0 Å². The van der Waals surface area contributed by atoms with Gasteiger partial charge in [0, 0.05) is 50.4 Å². The first-order chi connectivity index (χ1) is 12.9. The molecule has 1 N–H and O–H groups in total. The SMILES string of the molecule is Cc1cc(C(=O)N2CCN(CCNC(=O)c3cc(Cl)ccc3Cl)CC2)no1. The average molecular weight is 411 g/mol. The number of nitrogens with zero attached hydrogens (tertiary/aromatic N) is 3. The van der Waals surface area contributed by atoms with Gasteiger partial charge in [-0.25, -0.2) is 0 Å². The number of carbonyl (C=O) groups excluding carboxylic acids is 2. The van der Waals surface area contributed by atoms with Crippen molar-refractivity contribution in [3.63, 3.8) is 0 Å². The van der Waals surface area contributed by atoms with E-state index in [0.717, 1.165) is 13.1 Å². The molecule has 1 aromatic heterocycles. The predicted molar refractivity (Wildman–Crippen MR) is 102 cm³/mol. The molecule has 0 radical (unpaired) electrons. The van der Waals surface area contributed by atoms with E-state index in [-0.39, 0.29) is 11.8 Å². The summed E-state index contributed by atoms with van der Waals surface area (Å²) >= 11 is 11.9. The summed E-state index contributed by atoms with van der Waals surface area (Å²) in [5.74, 6) is 0.251. The van der Waals surface area contributed by atoms with Crippen LogP contribution in [0.25, 0.3) is 0 Å². The lowest BCUT2D eigenvalue weighted by Crippen LogP contribution is -2.50. The maximum atomic E-state index is 12.3. The van der Waals surface area contributed by atoms with Crippen LogP contribution in [0.15, 0.2) is 28.8 Å². The number of piperazine rings is 1. The molecule has 0 unspecified atom stereocenters. The quantitative estimate of drug-likeness (QED) is 0.818. The zero-order valence-corrected chi connectivity index (χ0v) is 16.4. The second-order valence-corrected chi connectivity index (χ2v) is 7.18. The summed E-state index contributed by atoms with van der Waals surface area (Å²) in [6.45, 7) is 5.62. The number of hydrogen-bond donors (Lipinski definition) is 1. The second kappa shape index (κ2) is 8.73. The van der Waals surface area contributed by atoms with Gasteiger partial charge >= 0.3 is 0 Å². The van der Waals surface area contributed by atoms with Crippen LogP contribution < -0.4 is 5.32 Å². The molecule has 0 saturated carbocycles. The lowest BCUT2D eigenvalue weighted by Gasteiger charge is -2.34. The highest BCUT2D eigenvalue weighted by molar-refractivity contribution is 6.35. The van der Waals surface area contributed by atoms with E-state index in [0.29, 0.717) is 53.2 Å². The summed E-state index contributed by atoms with van der Waals surface area (Å²) in [6, 6.07) is 6.44. The average Bonchev–Trinajstić information content (AvgIpc) is 3.10. The number of carbonyl (C=O) groups is 2. The van der Waals surface area contributed by atoms with Gasteiger partial charge in [0.1, 0.15) is 5.76 Å². The molecule has 9 heteroatoms. The van der Waals surface area contributed by atoms with Gasteiger partial charge in [-0.1, -0.05) is 28.4 Å².